The van der Waals surface area contributed by atoms with Gasteiger partial charge in [-0.1, -0.05) is 37.1 Å². The second-order valence-electron chi connectivity index (χ2n) is 12.0. The van der Waals surface area contributed by atoms with E-state index in [4.69, 9.17) is 18.9 Å². The van der Waals surface area contributed by atoms with Crippen molar-refractivity contribution >= 4 is 63.6 Å². The first kappa shape index (κ1) is 38.9. The van der Waals surface area contributed by atoms with E-state index in [0.29, 0.717) is 44.6 Å². The number of hydrogen-bond acceptors (Lipinski definition) is 10. The van der Waals surface area contributed by atoms with Crippen molar-refractivity contribution in [1.29, 1.82) is 0 Å². The molecule has 0 saturated heterocycles. The van der Waals surface area contributed by atoms with Gasteiger partial charge in [-0.25, -0.2) is 4.79 Å². The van der Waals surface area contributed by atoms with Gasteiger partial charge < -0.3 is 34.9 Å². The molecule has 0 saturated carbocycles. The Labute approximate surface area is 317 Å². The van der Waals surface area contributed by atoms with Gasteiger partial charge in [0.25, 0.3) is 11.8 Å². The lowest BCUT2D eigenvalue weighted by Crippen LogP contribution is -2.30. The minimum absolute atomic E-state index is 0.0516. The minimum Gasteiger partial charge on any atom is -0.496 e. The summed E-state index contributed by atoms with van der Waals surface area (Å²) in [6, 6.07) is 18.9. The zero-order valence-corrected chi connectivity index (χ0v) is 31.8. The van der Waals surface area contributed by atoms with E-state index in [1.165, 1.54) is 50.5 Å². The number of thioether (sulfide) groups is 1. The molecular weight excluding hydrogens is 715 g/mol. The van der Waals surface area contributed by atoms with Crippen molar-refractivity contribution in [1.82, 2.24) is 5.32 Å². The molecule has 3 N–H and O–H groups in total. The van der Waals surface area contributed by atoms with Crippen molar-refractivity contribution in [2.45, 2.75) is 50.3 Å². The summed E-state index contributed by atoms with van der Waals surface area (Å²) in [5, 5.41) is 9.10. The maximum atomic E-state index is 13.8. The highest BCUT2D eigenvalue weighted by atomic mass is 32.2. The number of carbonyl (C=O) groups excluding carboxylic acids is 4. The van der Waals surface area contributed by atoms with E-state index in [1.54, 1.807) is 67.6 Å². The van der Waals surface area contributed by atoms with Crippen molar-refractivity contribution in [3.63, 3.8) is 0 Å². The number of carbonyl (C=O) groups is 4. The third-order valence-electron chi connectivity index (χ3n) is 8.43. The topological polar surface area (TPSA) is 141 Å². The van der Waals surface area contributed by atoms with Gasteiger partial charge in [-0.3, -0.25) is 14.4 Å². The number of nitrogens with one attached hydrogen (secondary N) is 3. The fourth-order valence-corrected chi connectivity index (χ4v) is 7.91. The Bertz CT molecular complexity index is 1980. The second kappa shape index (κ2) is 19.0. The molecule has 5 rings (SSSR count). The number of benzene rings is 3. The van der Waals surface area contributed by atoms with E-state index < -0.39 is 17.8 Å². The number of fused-ring (bicyclic) bond motifs is 1. The van der Waals surface area contributed by atoms with Gasteiger partial charge in [0.2, 0.25) is 5.91 Å². The largest absolute Gasteiger partial charge is 0.496 e. The lowest BCUT2D eigenvalue weighted by Gasteiger charge is -2.15. The smallest absolute Gasteiger partial charge is 0.341 e. The number of amides is 3. The molecular formula is C40H43N3O8S2. The molecule has 11 nitrogen and oxygen atoms in total. The molecule has 0 radical (unpaired) electrons. The molecule has 13 heteroatoms. The average Bonchev–Trinajstić information content (AvgIpc) is 3.48. The van der Waals surface area contributed by atoms with E-state index in [9.17, 15) is 19.2 Å². The molecule has 0 aliphatic heterocycles. The summed E-state index contributed by atoms with van der Waals surface area (Å²) in [6.07, 6.45) is 7.47. The van der Waals surface area contributed by atoms with Crippen LogP contribution in [0, 0.1) is 0 Å². The summed E-state index contributed by atoms with van der Waals surface area (Å²) in [6.45, 7) is 2.02. The minimum atomic E-state index is -0.592. The predicted molar refractivity (Wildman–Crippen MR) is 209 cm³/mol. The molecule has 3 amide bonds. The Hall–Kier alpha value is -5.27. The number of methoxy groups -OCH3 is 3. The predicted octanol–water partition coefficient (Wildman–Crippen LogP) is 7.75. The van der Waals surface area contributed by atoms with Gasteiger partial charge in [0.05, 0.1) is 39.3 Å². The van der Waals surface area contributed by atoms with Crippen LogP contribution in [-0.4, -0.2) is 57.4 Å². The van der Waals surface area contributed by atoms with Gasteiger partial charge in [-0.2, -0.15) is 0 Å². The molecule has 3 aromatic carbocycles. The van der Waals surface area contributed by atoms with Crippen molar-refractivity contribution in [2.75, 3.05) is 44.3 Å². The van der Waals surface area contributed by atoms with E-state index in [0.717, 1.165) is 53.9 Å². The van der Waals surface area contributed by atoms with Crippen molar-refractivity contribution in [3.8, 4) is 17.2 Å². The number of hydrogen-bond donors (Lipinski definition) is 3. The van der Waals surface area contributed by atoms with Gasteiger partial charge in [-0.05, 0) is 80.6 Å². The third kappa shape index (κ3) is 10.2. The first-order valence-corrected chi connectivity index (χ1v) is 19.1. The Kier molecular flexibility index (Phi) is 14.0. The molecule has 0 atom stereocenters. The first-order chi connectivity index (χ1) is 25.7. The lowest BCUT2D eigenvalue weighted by molar-refractivity contribution is -0.114. The SMILES string of the molecule is CCOC(=O)c1c(NC(=O)CSc2cccc(NC(=O)/C(=C\c3cc(OC)c(OC)cc3OC)NC(=O)c3ccccc3)c2)sc2c1CCCCCC2. The summed E-state index contributed by atoms with van der Waals surface area (Å²) in [4.78, 5) is 55.1. The molecule has 278 valence electrons. The number of rotatable bonds is 14. The number of esters is 1. The summed E-state index contributed by atoms with van der Waals surface area (Å²) >= 11 is 2.75. The summed E-state index contributed by atoms with van der Waals surface area (Å²) < 4.78 is 21.8. The monoisotopic (exact) mass is 757 g/mol. The summed E-state index contributed by atoms with van der Waals surface area (Å²) in [5.74, 6) is -0.442. The fraction of sp³-hybridized carbons (Fsp3) is 0.300. The molecule has 1 aromatic heterocycles. The highest BCUT2D eigenvalue weighted by Crippen LogP contribution is 2.38. The Morgan fingerprint density at radius 1 is 0.811 bits per heavy atom. The number of anilines is 2. The van der Waals surface area contributed by atoms with Gasteiger partial charge in [-0.15, -0.1) is 23.1 Å². The second-order valence-corrected chi connectivity index (χ2v) is 14.1. The molecule has 1 aliphatic carbocycles. The molecule has 1 heterocycles. The summed E-state index contributed by atoms with van der Waals surface area (Å²) in [7, 11) is 4.49. The van der Waals surface area contributed by atoms with Crippen LogP contribution in [0.5, 0.6) is 17.2 Å². The highest BCUT2D eigenvalue weighted by Gasteiger charge is 2.26. The maximum Gasteiger partial charge on any atom is 0.341 e. The third-order valence-corrected chi connectivity index (χ3v) is 10.6. The molecule has 0 spiro atoms. The quantitative estimate of drug-likeness (QED) is 0.0669. The molecule has 1 aliphatic rings. The Balaban J connectivity index is 1.33. The first-order valence-electron chi connectivity index (χ1n) is 17.3. The van der Waals surface area contributed by atoms with E-state index >= 15 is 0 Å². The van der Waals surface area contributed by atoms with Crippen molar-refractivity contribution in [3.05, 3.63) is 99.6 Å². The van der Waals surface area contributed by atoms with Gasteiger partial charge in [0, 0.05) is 32.7 Å². The van der Waals surface area contributed by atoms with Crippen LogP contribution in [0.2, 0.25) is 0 Å². The van der Waals surface area contributed by atoms with Crippen LogP contribution in [0.3, 0.4) is 0 Å². The fourth-order valence-electron chi connectivity index (χ4n) is 5.86. The van der Waals surface area contributed by atoms with Crippen LogP contribution >= 0.6 is 23.1 Å². The van der Waals surface area contributed by atoms with Crippen LogP contribution in [0.25, 0.3) is 6.08 Å². The van der Waals surface area contributed by atoms with Crippen LogP contribution in [0.4, 0.5) is 10.7 Å². The van der Waals surface area contributed by atoms with E-state index in [-0.39, 0.29) is 24.0 Å². The van der Waals surface area contributed by atoms with E-state index in [2.05, 4.69) is 16.0 Å². The van der Waals surface area contributed by atoms with Gasteiger partial charge >= 0.3 is 5.97 Å². The van der Waals surface area contributed by atoms with E-state index in [1.807, 2.05) is 6.07 Å². The number of thiophene rings is 1. The molecule has 0 bridgehead atoms. The number of ether oxygens (including phenoxy) is 4. The Morgan fingerprint density at radius 3 is 2.25 bits per heavy atom. The van der Waals surface area contributed by atoms with Gasteiger partial charge in [0.1, 0.15) is 16.4 Å². The maximum absolute atomic E-state index is 13.8. The van der Waals surface area contributed by atoms with Crippen molar-refractivity contribution in [2.24, 2.45) is 0 Å². The standard InChI is InChI=1S/C40H43N3O8S2/c1-5-51-40(47)36-29-18-11-6-7-12-19-34(29)53-39(36)43-35(44)24-52-28-17-13-16-27(22-28)41-38(46)30(42-37(45)25-14-9-8-10-15-25)20-26-21-32(49-3)33(50-4)23-31(26)48-2/h8-10,13-17,20-23H,5-7,11-12,18-19,24H2,1-4H3,(H,41,46)(H,42,45)(H,43,44)/b30-20+. The van der Waals surface area contributed by atoms with Gasteiger partial charge in [0.15, 0.2) is 11.5 Å². The molecule has 0 fully saturated rings. The lowest BCUT2D eigenvalue weighted by atomic mass is 9.96. The average molecular weight is 758 g/mol. The Morgan fingerprint density at radius 2 is 1.53 bits per heavy atom. The zero-order valence-electron chi connectivity index (χ0n) is 30.2. The van der Waals surface area contributed by atoms with Crippen molar-refractivity contribution < 1.29 is 38.1 Å². The number of aryl methyl sites for hydroxylation is 1. The zero-order chi connectivity index (χ0) is 37.7. The van der Waals surface area contributed by atoms with Crippen LogP contribution in [-0.2, 0) is 27.2 Å². The molecule has 4 aromatic rings. The van der Waals surface area contributed by atoms with Crippen LogP contribution < -0.4 is 30.2 Å². The normalized spacial score (nSPS) is 12.7. The molecule has 53 heavy (non-hydrogen) atoms. The van der Waals surface area contributed by atoms with Crippen LogP contribution in [0.1, 0.15) is 69.3 Å². The summed E-state index contributed by atoms with van der Waals surface area (Å²) in [5.41, 5.74) is 2.70. The highest BCUT2D eigenvalue weighted by molar-refractivity contribution is 8.00. The van der Waals surface area contributed by atoms with Crippen LogP contribution in [0.15, 0.2) is 77.3 Å². The molecule has 0 unspecified atom stereocenters.